The van der Waals surface area contributed by atoms with Crippen LogP contribution in [0.15, 0.2) is 17.3 Å². The van der Waals surface area contributed by atoms with Gasteiger partial charge in [0.15, 0.2) is 0 Å². The van der Waals surface area contributed by atoms with Crippen LogP contribution in [-0.4, -0.2) is 39.6 Å². The first-order chi connectivity index (χ1) is 10.6. The fourth-order valence-electron chi connectivity index (χ4n) is 1.90. The first-order valence-corrected chi connectivity index (χ1v) is 8.43. The normalized spacial score (nSPS) is 10.4. The van der Waals surface area contributed by atoms with Crippen LogP contribution in [0.25, 0.3) is 0 Å². The maximum Gasteiger partial charge on any atom is 0.209 e. The lowest BCUT2D eigenvalue weighted by molar-refractivity contribution is 0.408. The number of aryl methyl sites for hydroxylation is 1. The van der Waals surface area contributed by atoms with Gasteiger partial charge in [0.1, 0.15) is 5.75 Å². The van der Waals surface area contributed by atoms with Gasteiger partial charge in [-0.25, -0.2) is 4.68 Å². The number of tetrazole rings is 1. The van der Waals surface area contributed by atoms with E-state index in [0.717, 1.165) is 29.4 Å². The van der Waals surface area contributed by atoms with E-state index in [1.165, 1.54) is 0 Å². The highest BCUT2D eigenvalue weighted by Crippen LogP contribution is 2.32. The average Bonchev–Trinajstić information content (AvgIpc) is 2.87. The minimum Gasteiger partial charge on any atom is -0.495 e. The van der Waals surface area contributed by atoms with Gasteiger partial charge in [-0.1, -0.05) is 35.0 Å². The zero-order valence-electron chi connectivity index (χ0n) is 12.8. The van der Waals surface area contributed by atoms with Gasteiger partial charge < -0.3 is 10.1 Å². The molecule has 1 aromatic carbocycles. The largest absolute Gasteiger partial charge is 0.495 e. The van der Waals surface area contributed by atoms with Crippen LogP contribution >= 0.6 is 47.4 Å². The second kappa shape index (κ2) is 10.2. The van der Waals surface area contributed by atoms with Crippen molar-refractivity contribution < 1.29 is 4.74 Å². The van der Waals surface area contributed by atoms with Crippen molar-refractivity contribution in [2.45, 2.75) is 18.1 Å². The van der Waals surface area contributed by atoms with E-state index in [9.17, 15) is 0 Å². The molecule has 0 saturated heterocycles. The number of benzene rings is 1. The Balaban J connectivity index is 0.00000264. The van der Waals surface area contributed by atoms with Gasteiger partial charge in [0.2, 0.25) is 5.16 Å². The summed E-state index contributed by atoms with van der Waals surface area (Å²) in [6.07, 6.45) is 0.994. The number of hydrogen-bond acceptors (Lipinski definition) is 6. The van der Waals surface area contributed by atoms with Gasteiger partial charge in [-0.15, -0.1) is 17.5 Å². The summed E-state index contributed by atoms with van der Waals surface area (Å²) >= 11 is 13.8. The van der Waals surface area contributed by atoms with E-state index < -0.39 is 0 Å². The number of nitrogens with zero attached hydrogens (tertiary/aromatic N) is 4. The van der Waals surface area contributed by atoms with Gasteiger partial charge in [0.05, 0.1) is 12.1 Å². The van der Waals surface area contributed by atoms with Gasteiger partial charge in [-0.05, 0) is 35.5 Å². The number of ether oxygens (including phenoxy) is 1. The predicted molar refractivity (Wildman–Crippen MR) is 96.1 cm³/mol. The Hall–Kier alpha value is -0.730. The molecule has 0 spiro atoms. The fourth-order valence-corrected chi connectivity index (χ4v) is 3.30. The minimum atomic E-state index is 0. The Morgan fingerprint density at radius 3 is 2.78 bits per heavy atom. The van der Waals surface area contributed by atoms with Crippen molar-refractivity contribution in [3.63, 3.8) is 0 Å². The number of nitrogens with one attached hydrogen (secondary N) is 1. The molecule has 1 aromatic heterocycles. The third-order valence-electron chi connectivity index (χ3n) is 2.92. The molecule has 0 fully saturated rings. The Morgan fingerprint density at radius 2 is 2.13 bits per heavy atom. The molecule has 128 valence electrons. The molecule has 1 N–H and O–H groups in total. The van der Waals surface area contributed by atoms with Crippen LogP contribution in [0.1, 0.15) is 12.0 Å². The van der Waals surface area contributed by atoms with Crippen LogP contribution in [0.3, 0.4) is 0 Å². The van der Waals surface area contributed by atoms with E-state index >= 15 is 0 Å². The number of methoxy groups -OCH3 is 1. The molecule has 0 aliphatic carbocycles. The molecule has 6 nitrogen and oxygen atoms in total. The van der Waals surface area contributed by atoms with E-state index in [0.29, 0.717) is 22.3 Å². The maximum atomic E-state index is 6.11. The Bertz CT molecular complexity index is 626. The highest BCUT2D eigenvalue weighted by Gasteiger charge is 2.09. The maximum absolute atomic E-state index is 6.11. The lowest BCUT2D eigenvalue weighted by Crippen LogP contribution is -2.16. The SMILES string of the molecule is COc1c(Cl)cc(Cl)cc1CNCCCSc1nnnn1C.Cl. The number of thioether (sulfide) groups is 1. The summed E-state index contributed by atoms with van der Waals surface area (Å²) in [5, 5.41) is 16.6. The Kier molecular flexibility index (Phi) is 9.01. The van der Waals surface area contributed by atoms with Crippen molar-refractivity contribution in [3.8, 4) is 5.75 Å². The summed E-state index contributed by atoms with van der Waals surface area (Å²) in [4.78, 5) is 0. The summed E-state index contributed by atoms with van der Waals surface area (Å²) in [6, 6.07) is 3.54. The molecule has 1 heterocycles. The first kappa shape index (κ1) is 20.3. The van der Waals surface area contributed by atoms with Gasteiger partial charge in [-0.3, -0.25) is 0 Å². The van der Waals surface area contributed by atoms with Gasteiger partial charge in [-0.2, -0.15) is 0 Å². The topological polar surface area (TPSA) is 64.9 Å². The first-order valence-electron chi connectivity index (χ1n) is 6.69. The second-order valence-corrected chi connectivity index (χ2v) is 6.45. The Morgan fingerprint density at radius 1 is 1.35 bits per heavy atom. The van der Waals surface area contributed by atoms with E-state index in [1.54, 1.807) is 29.6 Å². The number of aromatic nitrogens is 4. The molecule has 10 heteroatoms. The van der Waals surface area contributed by atoms with Crippen molar-refractivity contribution in [1.82, 2.24) is 25.5 Å². The molecule has 2 aromatic rings. The van der Waals surface area contributed by atoms with E-state index in [2.05, 4.69) is 20.8 Å². The number of halogens is 3. The third kappa shape index (κ3) is 6.00. The molecule has 0 amide bonds. The zero-order chi connectivity index (χ0) is 15.9. The van der Waals surface area contributed by atoms with Crippen molar-refractivity contribution in [2.24, 2.45) is 7.05 Å². The van der Waals surface area contributed by atoms with Crippen molar-refractivity contribution >= 4 is 47.4 Å². The second-order valence-electron chi connectivity index (χ2n) is 4.54. The van der Waals surface area contributed by atoms with Crippen molar-refractivity contribution in [1.29, 1.82) is 0 Å². The highest BCUT2D eigenvalue weighted by molar-refractivity contribution is 7.99. The lowest BCUT2D eigenvalue weighted by atomic mass is 10.2. The molecule has 0 radical (unpaired) electrons. The summed E-state index contributed by atoms with van der Waals surface area (Å²) in [6.45, 7) is 1.52. The molecule has 0 aliphatic heterocycles. The molecular formula is C13H18Cl3N5OS. The predicted octanol–water partition coefficient (Wildman–Crippen LogP) is 3.22. The molecule has 2 rings (SSSR count). The minimum absolute atomic E-state index is 0. The lowest BCUT2D eigenvalue weighted by Gasteiger charge is -2.12. The van der Waals surface area contributed by atoms with Crippen molar-refractivity contribution in [2.75, 3.05) is 19.4 Å². The van der Waals surface area contributed by atoms with E-state index in [-0.39, 0.29) is 12.4 Å². The summed E-state index contributed by atoms with van der Waals surface area (Å²) < 4.78 is 6.98. The van der Waals surface area contributed by atoms with Crippen LogP contribution in [0.4, 0.5) is 0 Å². The summed E-state index contributed by atoms with van der Waals surface area (Å²) in [5.41, 5.74) is 0.949. The van der Waals surface area contributed by atoms with Gasteiger partial charge in [0.25, 0.3) is 0 Å². The monoisotopic (exact) mass is 397 g/mol. The molecule has 0 unspecified atom stereocenters. The molecule has 0 bridgehead atoms. The van der Waals surface area contributed by atoms with Crippen LogP contribution in [0.2, 0.25) is 10.0 Å². The van der Waals surface area contributed by atoms with Crippen molar-refractivity contribution in [3.05, 3.63) is 27.7 Å². The zero-order valence-corrected chi connectivity index (χ0v) is 15.9. The van der Waals surface area contributed by atoms with Crippen LogP contribution in [-0.2, 0) is 13.6 Å². The quantitative estimate of drug-likeness (QED) is 0.544. The molecular weight excluding hydrogens is 381 g/mol. The van der Waals surface area contributed by atoms with E-state index in [4.69, 9.17) is 27.9 Å². The highest BCUT2D eigenvalue weighted by atomic mass is 35.5. The molecule has 0 saturated carbocycles. The molecule has 23 heavy (non-hydrogen) atoms. The number of hydrogen-bond donors (Lipinski definition) is 1. The molecule has 0 atom stereocenters. The van der Waals surface area contributed by atoms with Gasteiger partial charge >= 0.3 is 0 Å². The van der Waals surface area contributed by atoms with Crippen LogP contribution in [0.5, 0.6) is 5.75 Å². The van der Waals surface area contributed by atoms with Gasteiger partial charge in [0, 0.05) is 29.9 Å². The smallest absolute Gasteiger partial charge is 0.209 e. The molecule has 0 aliphatic rings. The summed E-state index contributed by atoms with van der Waals surface area (Å²) in [7, 11) is 3.43. The summed E-state index contributed by atoms with van der Waals surface area (Å²) in [5.74, 6) is 1.60. The number of rotatable bonds is 8. The Labute approximate surface area is 155 Å². The fraction of sp³-hybridized carbons (Fsp3) is 0.462. The van der Waals surface area contributed by atoms with Crippen LogP contribution in [0, 0.1) is 0 Å². The standard InChI is InChI=1S/C13H17Cl2N5OS.ClH/c1-20-13(17-18-19-20)22-5-3-4-16-8-9-6-10(14)7-11(15)12(9)21-2;/h6-7,16H,3-5,8H2,1-2H3;1H. The average molecular weight is 399 g/mol. The van der Waals surface area contributed by atoms with E-state index in [1.807, 2.05) is 13.1 Å². The van der Waals surface area contributed by atoms with Crippen LogP contribution < -0.4 is 10.1 Å². The third-order valence-corrected chi connectivity index (χ3v) is 4.51.